The Kier molecular flexibility index (Phi) is 4.31. The van der Waals surface area contributed by atoms with Crippen molar-refractivity contribution in [2.75, 3.05) is 0 Å². The van der Waals surface area contributed by atoms with Gasteiger partial charge in [-0.05, 0) is 55.2 Å². The Morgan fingerprint density at radius 2 is 1.72 bits per heavy atom. The average molecular weight is 256 g/mol. The van der Waals surface area contributed by atoms with Crippen LogP contribution in [0.2, 0.25) is 0 Å². The largest absolute Gasteiger partial charge is 0.211 e. The van der Waals surface area contributed by atoms with Crippen LogP contribution < -0.4 is 0 Å². The van der Waals surface area contributed by atoms with Gasteiger partial charge in [0.25, 0.3) is 0 Å². The number of hydrogen-bond acceptors (Lipinski definition) is 0. The Balaban J connectivity index is 2.13. The molecule has 18 heavy (non-hydrogen) atoms. The van der Waals surface area contributed by atoms with Gasteiger partial charge in [-0.15, -0.1) is 0 Å². The van der Waals surface area contributed by atoms with Crippen molar-refractivity contribution in [3.8, 4) is 0 Å². The molecule has 100 valence electrons. The maximum absolute atomic E-state index is 13.4. The van der Waals surface area contributed by atoms with E-state index in [0.29, 0.717) is 5.57 Å². The summed E-state index contributed by atoms with van der Waals surface area (Å²) < 4.78 is 39.9. The topological polar surface area (TPSA) is 0 Å². The highest BCUT2D eigenvalue weighted by Crippen LogP contribution is 2.38. The lowest BCUT2D eigenvalue weighted by Crippen LogP contribution is -2.15. The molecule has 0 aliphatic heterocycles. The number of halogens is 3. The molecule has 2 aliphatic rings. The van der Waals surface area contributed by atoms with Crippen LogP contribution in [0.15, 0.2) is 35.2 Å². The smallest absolute Gasteiger partial charge is 0.155 e. The van der Waals surface area contributed by atoms with Crippen LogP contribution in [-0.2, 0) is 0 Å². The van der Waals surface area contributed by atoms with Crippen molar-refractivity contribution in [1.82, 2.24) is 0 Å². The zero-order chi connectivity index (χ0) is 13.1. The van der Waals surface area contributed by atoms with Gasteiger partial charge in [-0.1, -0.05) is 13.3 Å². The maximum Gasteiger partial charge on any atom is 0.155 e. The molecule has 0 aromatic heterocycles. The lowest BCUT2D eigenvalue weighted by molar-refractivity contribution is 0.297. The molecule has 0 N–H and O–H groups in total. The highest BCUT2D eigenvalue weighted by Gasteiger charge is 2.24. The Hall–Kier alpha value is -0.990. The lowest BCUT2D eigenvalue weighted by Gasteiger charge is -2.28. The Morgan fingerprint density at radius 1 is 1.06 bits per heavy atom. The molecule has 1 saturated carbocycles. The molecule has 0 atom stereocenters. The standard InChI is InChI=1S/C15H19F3/c1-2-10-3-5-11(6-4-10)12-7-13(16)9-15(18)14(17)8-12/h7-8,10-11H,2-6,9H2,1H3. The van der Waals surface area contributed by atoms with E-state index in [1.54, 1.807) is 0 Å². The fourth-order valence-electron chi connectivity index (χ4n) is 2.87. The van der Waals surface area contributed by atoms with E-state index < -0.39 is 23.9 Å². The molecule has 0 amide bonds. The van der Waals surface area contributed by atoms with Gasteiger partial charge in [0.15, 0.2) is 5.83 Å². The van der Waals surface area contributed by atoms with Crippen molar-refractivity contribution in [3.05, 3.63) is 35.2 Å². The molecule has 0 radical (unpaired) electrons. The van der Waals surface area contributed by atoms with E-state index >= 15 is 0 Å². The van der Waals surface area contributed by atoms with E-state index in [-0.39, 0.29) is 5.92 Å². The summed E-state index contributed by atoms with van der Waals surface area (Å²) in [6, 6.07) is 0. The van der Waals surface area contributed by atoms with Gasteiger partial charge in [-0.2, -0.15) is 0 Å². The summed E-state index contributed by atoms with van der Waals surface area (Å²) in [4.78, 5) is 0. The van der Waals surface area contributed by atoms with Gasteiger partial charge in [0.2, 0.25) is 0 Å². The van der Waals surface area contributed by atoms with Crippen molar-refractivity contribution < 1.29 is 13.2 Å². The second kappa shape index (κ2) is 5.77. The van der Waals surface area contributed by atoms with Crippen LogP contribution in [0.5, 0.6) is 0 Å². The quantitative estimate of drug-likeness (QED) is 0.608. The molecule has 2 aliphatic carbocycles. The average Bonchev–Trinajstić information content (AvgIpc) is 2.49. The predicted octanol–water partition coefficient (Wildman–Crippen LogP) is 5.54. The number of hydrogen-bond donors (Lipinski definition) is 0. The first-order valence-corrected chi connectivity index (χ1v) is 6.72. The molecular formula is C15H19F3. The summed E-state index contributed by atoms with van der Waals surface area (Å²) in [5, 5.41) is 0. The molecule has 1 fully saturated rings. The van der Waals surface area contributed by atoms with E-state index in [4.69, 9.17) is 0 Å². The highest BCUT2D eigenvalue weighted by molar-refractivity contribution is 5.36. The normalized spacial score (nSPS) is 29.8. The van der Waals surface area contributed by atoms with Gasteiger partial charge in [-0.25, -0.2) is 13.2 Å². The van der Waals surface area contributed by atoms with Gasteiger partial charge in [0.1, 0.15) is 11.7 Å². The van der Waals surface area contributed by atoms with Crippen molar-refractivity contribution in [2.24, 2.45) is 11.8 Å². The fraction of sp³-hybridized carbons (Fsp3) is 0.600. The Morgan fingerprint density at radius 3 is 2.33 bits per heavy atom. The third kappa shape index (κ3) is 3.06. The summed E-state index contributed by atoms with van der Waals surface area (Å²) in [7, 11) is 0. The summed E-state index contributed by atoms with van der Waals surface area (Å²) in [6.45, 7) is 2.17. The van der Waals surface area contributed by atoms with Gasteiger partial charge in [0, 0.05) is 0 Å². The van der Waals surface area contributed by atoms with Crippen LogP contribution in [0, 0.1) is 11.8 Å². The monoisotopic (exact) mass is 256 g/mol. The minimum atomic E-state index is -0.999. The first kappa shape index (κ1) is 13.4. The highest BCUT2D eigenvalue weighted by atomic mass is 19.2. The molecule has 2 rings (SSSR count). The van der Waals surface area contributed by atoms with Crippen molar-refractivity contribution in [1.29, 1.82) is 0 Å². The van der Waals surface area contributed by atoms with E-state index in [0.717, 1.165) is 31.6 Å². The second-order valence-electron chi connectivity index (χ2n) is 5.29. The van der Waals surface area contributed by atoms with Crippen molar-refractivity contribution in [2.45, 2.75) is 45.4 Å². The summed E-state index contributed by atoms with van der Waals surface area (Å²) >= 11 is 0. The summed E-state index contributed by atoms with van der Waals surface area (Å²) in [5.41, 5.74) is 0.618. The molecular weight excluding hydrogens is 237 g/mol. The Labute approximate surface area is 106 Å². The molecule has 0 bridgehead atoms. The zero-order valence-electron chi connectivity index (χ0n) is 10.7. The van der Waals surface area contributed by atoms with Gasteiger partial charge >= 0.3 is 0 Å². The molecule has 0 unspecified atom stereocenters. The van der Waals surface area contributed by atoms with E-state index in [1.165, 1.54) is 18.6 Å². The molecule has 0 nitrogen and oxygen atoms in total. The van der Waals surface area contributed by atoms with Crippen LogP contribution >= 0.6 is 0 Å². The zero-order valence-corrected chi connectivity index (χ0v) is 10.7. The van der Waals surface area contributed by atoms with E-state index in [9.17, 15) is 13.2 Å². The second-order valence-corrected chi connectivity index (χ2v) is 5.29. The van der Waals surface area contributed by atoms with Crippen LogP contribution in [0.4, 0.5) is 13.2 Å². The Bertz CT molecular complexity index is 396. The number of allylic oxidation sites excluding steroid dienone is 6. The first-order chi connectivity index (χ1) is 8.60. The van der Waals surface area contributed by atoms with Crippen LogP contribution in [0.3, 0.4) is 0 Å². The summed E-state index contributed by atoms with van der Waals surface area (Å²) in [5.74, 6) is -1.58. The minimum absolute atomic E-state index is 0.176. The summed E-state index contributed by atoms with van der Waals surface area (Å²) in [6.07, 6.45) is 7.21. The van der Waals surface area contributed by atoms with Gasteiger partial charge < -0.3 is 0 Å². The maximum atomic E-state index is 13.4. The SMILES string of the molecule is CCC1CCC(C2=CC(F)=C(F)CC(F)=C2)CC1. The van der Waals surface area contributed by atoms with Crippen molar-refractivity contribution >= 4 is 0 Å². The van der Waals surface area contributed by atoms with E-state index in [1.807, 2.05) is 0 Å². The molecule has 0 spiro atoms. The van der Waals surface area contributed by atoms with Crippen molar-refractivity contribution in [3.63, 3.8) is 0 Å². The van der Waals surface area contributed by atoms with Gasteiger partial charge in [-0.3, -0.25) is 0 Å². The minimum Gasteiger partial charge on any atom is -0.211 e. The molecule has 0 aromatic carbocycles. The third-order valence-electron chi connectivity index (χ3n) is 4.10. The van der Waals surface area contributed by atoms with Gasteiger partial charge in [0.05, 0.1) is 6.42 Å². The molecule has 0 heterocycles. The molecule has 0 saturated heterocycles. The predicted molar refractivity (Wildman–Crippen MR) is 66.9 cm³/mol. The molecule has 3 heteroatoms. The van der Waals surface area contributed by atoms with Crippen LogP contribution in [-0.4, -0.2) is 0 Å². The van der Waals surface area contributed by atoms with E-state index in [2.05, 4.69) is 6.92 Å². The lowest BCUT2D eigenvalue weighted by atomic mass is 9.77. The fourth-order valence-corrected chi connectivity index (χ4v) is 2.87. The first-order valence-electron chi connectivity index (χ1n) is 6.72. The molecule has 0 aromatic rings. The van der Waals surface area contributed by atoms with Crippen LogP contribution in [0.25, 0.3) is 0 Å². The number of rotatable bonds is 2. The van der Waals surface area contributed by atoms with Crippen LogP contribution in [0.1, 0.15) is 45.4 Å². The third-order valence-corrected chi connectivity index (χ3v) is 4.10.